The Labute approximate surface area is 172 Å². The van der Waals surface area contributed by atoms with Crippen molar-refractivity contribution in [3.63, 3.8) is 0 Å². The highest BCUT2D eigenvalue weighted by atomic mass is 16.6. The Hall–Kier alpha value is -2.96. The number of benzene rings is 1. The van der Waals surface area contributed by atoms with Crippen molar-refractivity contribution in [3.8, 4) is 0 Å². The molecule has 1 aromatic rings. The van der Waals surface area contributed by atoms with Crippen LogP contribution in [0, 0.1) is 21.4 Å². The summed E-state index contributed by atoms with van der Waals surface area (Å²) in [6.07, 6.45) is 8.55. The summed E-state index contributed by atoms with van der Waals surface area (Å²) in [4.78, 5) is 23.1. The highest BCUT2D eigenvalue weighted by molar-refractivity contribution is 5.98. The van der Waals surface area contributed by atoms with E-state index in [-0.39, 0.29) is 16.7 Å². The number of hydrogen-bond donors (Lipinski definition) is 2. The van der Waals surface area contributed by atoms with Gasteiger partial charge in [-0.3, -0.25) is 14.9 Å². The van der Waals surface area contributed by atoms with Gasteiger partial charge in [0.1, 0.15) is 5.69 Å². The van der Waals surface area contributed by atoms with Gasteiger partial charge in [-0.15, -0.1) is 0 Å². The second-order valence-electron chi connectivity index (χ2n) is 8.03. The van der Waals surface area contributed by atoms with Crippen LogP contribution in [0.4, 0.5) is 11.4 Å². The van der Waals surface area contributed by atoms with E-state index in [0.717, 1.165) is 12.8 Å². The number of nitrogens with zero attached hydrogens (tertiary/aromatic N) is 2. The highest BCUT2D eigenvalue weighted by Gasteiger charge is 2.30. The predicted molar refractivity (Wildman–Crippen MR) is 117 cm³/mol. The van der Waals surface area contributed by atoms with E-state index in [1.54, 1.807) is 6.07 Å². The number of rotatable bonds is 7. The van der Waals surface area contributed by atoms with E-state index in [9.17, 15) is 14.9 Å². The van der Waals surface area contributed by atoms with Crippen LogP contribution in [-0.4, -0.2) is 23.1 Å². The fourth-order valence-electron chi connectivity index (χ4n) is 3.62. The van der Waals surface area contributed by atoms with Gasteiger partial charge in [-0.05, 0) is 57.2 Å². The minimum atomic E-state index is -0.506. The molecule has 0 saturated carbocycles. The van der Waals surface area contributed by atoms with Crippen LogP contribution in [0.1, 0.15) is 57.8 Å². The Morgan fingerprint density at radius 2 is 2.14 bits per heavy atom. The average molecular weight is 399 g/mol. The van der Waals surface area contributed by atoms with Gasteiger partial charge in [-0.25, -0.2) is 5.43 Å². The minimum Gasteiger partial charge on any atom is -0.380 e. The molecule has 0 fully saturated rings. The first kappa shape index (κ1) is 22.3. The number of amides is 1. The number of allylic oxidation sites excluding steroid dienone is 4. The van der Waals surface area contributed by atoms with Crippen molar-refractivity contribution in [1.29, 1.82) is 0 Å². The molecule has 2 rings (SSSR count). The molecule has 0 bridgehead atoms. The van der Waals surface area contributed by atoms with E-state index in [1.165, 1.54) is 17.7 Å². The third-order valence-corrected chi connectivity index (χ3v) is 5.27. The third kappa shape index (κ3) is 5.76. The van der Waals surface area contributed by atoms with Gasteiger partial charge in [0, 0.05) is 24.1 Å². The first-order chi connectivity index (χ1) is 13.7. The summed E-state index contributed by atoms with van der Waals surface area (Å²) < 4.78 is 0. The first-order valence-electron chi connectivity index (χ1n) is 9.87. The number of carbonyl (C=O) groups excluding carboxylic acids is 1. The van der Waals surface area contributed by atoms with Crippen LogP contribution < -0.4 is 10.7 Å². The highest BCUT2D eigenvalue weighted by Crippen LogP contribution is 2.41. The molecule has 0 radical (unpaired) electrons. The number of nitrogens with one attached hydrogen (secondary N) is 2. The third-order valence-electron chi connectivity index (χ3n) is 5.27. The van der Waals surface area contributed by atoms with Gasteiger partial charge in [0.05, 0.1) is 10.6 Å². The molecule has 1 atom stereocenters. The molecule has 1 aliphatic carbocycles. The van der Waals surface area contributed by atoms with E-state index in [0.29, 0.717) is 23.9 Å². The summed E-state index contributed by atoms with van der Waals surface area (Å²) in [5.74, 6) is -0.156. The molecular weight excluding hydrogens is 368 g/mol. The van der Waals surface area contributed by atoms with E-state index < -0.39 is 10.8 Å². The molecule has 2 N–H and O–H groups in total. The zero-order valence-corrected chi connectivity index (χ0v) is 17.8. The van der Waals surface area contributed by atoms with Crippen LogP contribution >= 0.6 is 0 Å². The fourth-order valence-corrected chi connectivity index (χ4v) is 3.62. The molecule has 0 saturated heterocycles. The van der Waals surface area contributed by atoms with Crippen molar-refractivity contribution in [2.24, 2.45) is 16.4 Å². The zero-order chi connectivity index (χ0) is 21.6. The number of nitro benzene ring substituents is 1. The normalized spacial score (nSPS) is 19.0. The Bertz CT molecular complexity index is 869. The maximum absolute atomic E-state index is 12.4. The average Bonchev–Trinajstić information content (AvgIpc) is 2.65. The summed E-state index contributed by atoms with van der Waals surface area (Å²) in [6.45, 7) is 10.9. The topological polar surface area (TPSA) is 96.6 Å². The van der Waals surface area contributed by atoms with E-state index in [4.69, 9.17) is 0 Å². The van der Waals surface area contributed by atoms with E-state index in [1.807, 2.05) is 19.9 Å². The molecule has 156 valence electrons. The van der Waals surface area contributed by atoms with Crippen LogP contribution in [0.5, 0.6) is 0 Å². The Morgan fingerprint density at radius 1 is 1.41 bits per heavy atom. The lowest BCUT2D eigenvalue weighted by Gasteiger charge is -2.36. The standard InChI is InChI=1S/C22H30N4O3/c1-6-23-19-12-10-17(14-20(19)26(28)29)21(27)25-24-16(3)9-11-18-15(2)8-7-13-22(18,4)5/h8-12,14,18,23H,6-7,13H2,1-5H3,(H,25,27). The van der Waals surface area contributed by atoms with E-state index >= 15 is 0 Å². The van der Waals surface area contributed by atoms with Crippen LogP contribution in [0.15, 0.2) is 47.1 Å². The van der Waals surface area contributed by atoms with Gasteiger partial charge in [-0.2, -0.15) is 5.10 Å². The largest absolute Gasteiger partial charge is 0.380 e. The molecular formula is C22H30N4O3. The van der Waals surface area contributed by atoms with Crippen molar-refractivity contribution in [3.05, 3.63) is 57.7 Å². The second kappa shape index (κ2) is 9.49. The van der Waals surface area contributed by atoms with Crippen molar-refractivity contribution >= 4 is 23.0 Å². The molecule has 1 aromatic carbocycles. The monoisotopic (exact) mass is 398 g/mol. The lowest BCUT2D eigenvalue weighted by atomic mass is 9.68. The number of carbonyl (C=O) groups is 1. The van der Waals surface area contributed by atoms with Crippen molar-refractivity contribution in [2.75, 3.05) is 11.9 Å². The quantitative estimate of drug-likeness (QED) is 0.290. The van der Waals surface area contributed by atoms with E-state index in [2.05, 4.69) is 48.8 Å². The smallest absolute Gasteiger partial charge is 0.293 e. The fraction of sp³-hybridized carbons (Fsp3) is 0.455. The SMILES string of the molecule is CCNc1ccc(C(=O)NN=C(C)C=CC2C(C)=CCCC2(C)C)cc1[N+](=O)[O-]. The Kier molecular flexibility index (Phi) is 7.31. The summed E-state index contributed by atoms with van der Waals surface area (Å²) in [5, 5.41) is 18.3. The summed E-state index contributed by atoms with van der Waals surface area (Å²) in [5.41, 5.74) is 5.10. The van der Waals surface area contributed by atoms with Gasteiger partial charge in [-0.1, -0.05) is 31.6 Å². The van der Waals surface area contributed by atoms with Gasteiger partial charge >= 0.3 is 0 Å². The van der Waals surface area contributed by atoms with Gasteiger partial charge in [0.25, 0.3) is 11.6 Å². The molecule has 0 aromatic heterocycles. The van der Waals surface area contributed by atoms with Crippen LogP contribution in [0.3, 0.4) is 0 Å². The number of anilines is 1. The van der Waals surface area contributed by atoms with Gasteiger partial charge in [0.2, 0.25) is 0 Å². The number of hydrazone groups is 1. The van der Waals surface area contributed by atoms with Crippen LogP contribution in [-0.2, 0) is 0 Å². The second-order valence-corrected chi connectivity index (χ2v) is 8.03. The summed E-state index contributed by atoms with van der Waals surface area (Å²) >= 11 is 0. The molecule has 29 heavy (non-hydrogen) atoms. The zero-order valence-electron chi connectivity index (χ0n) is 17.8. The molecule has 1 aliphatic rings. The maximum Gasteiger partial charge on any atom is 0.293 e. The molecule has 7 nitrogen and oxygen atoms in total. The van der Waals surface area contributed by atoms with Crippen LogP contribution in [0.25, 0.3) is 0 Å². The van der Waals surface area contributed by atoms with Crippen molar-refractivity contribution < 1.29 is 9.72 Å². The molecule has 7 heteroatoms. The maximum atomic E-state index is 12.4. The molecule has 1 unspecified atom stereocenters. The lowest BCUT2D eigenvalue weighted by molar-refractivity contribution is -0.384. The summed E-state index contributed by atoms with van der Waals surface area (Å²) in [7, 11) is 0. The molecule has 0 aliphatic heterocycles. The van der Waals surface area contributed by atoms with Gasteiger partial charge in [0.15, 0.2) is 0 Å². The molecule has 0 spiro atoms. The van der Waals surface area contributed by atoms with Crippen molar-refractivity contribution in [1.82, 2.24) is 5.43 Å². The molecule has 1 amide bonds. The lowest BCUT2D eigenvalue weighted by Crippen LogP contribution is -2.26. The summed E-state index contributed by atoms with van der Waals surface area (Å²) in [6, 6.07) is 4.33. The molecule has 0 heterocycles. The van der Waals surface area contributed by atoms with Gasteiger partial charge < -0.3 is 5.32 Å². The van der Waals surface area contributed by atoms with Crippen LogP contribution in [0.2, 0.25) is 0 Å². The first-order valence-corrected chi connectivity index (χ1v) is 9.87. The van der Waals surface area contributed by atoms with Crippen molar-refractivity contribution in [2.45, 2.75) is 47.5 Å². The minimum absolute atomic E-state index is 0.137. The Morgan fingerprint density at radius 3 is 2.76 bits per heavy atom. The predicted octanol–water partition coefficient (Wildman–Crippen LogP) is 5.07. The number of hydrogen-bond acceptors (Lipinski definition) is 5. The number of nitro groups is 1. The Balaban J connectivity index is 2.10.